The maximum absolute atomic E-state index is 13.1. The Morgan fingerprint density at radius 1 is 1.06 bits per heavy atom. The predicted octanol–water partition coefficient (Wildman–Crippen LogP) is 3.08. The van der Waals surface area contributed by atoms with Gasteiger partial charge >= 0.3 is 6.03 Å². The minimum absolute atomic E-state index is 0.0216. The van der Waals surface area contributed by atoms with E-state index in [9.17, 15) is 23.9 Å². The van der Waals surface area contributed by atoms with Crippen LogP contribution in [0.3, 0.4) is 0 Å². The van der Waals surface area contributed by atoms with Gasteiger partial charge in [0.25, 0.3) is 11.8 Å². The van der Waals surface area contributed by atoms with Gasteiger partial charge in [0.2, 0.25) is 0 Å². The van der Waals surface area contributed by atoms with Crippen LogP contribution in [0.1, 0.15) is 25.0 Å². The molecule has 0 aliphatic carbocycles. The van der Waals surface area contributed by atoms with Crippen molar-refractivity contribution in [2.75, 3.05) is 24.5 Å². The number of halogens is 1. The Hall–Kier alpha value is -3.68. The molecule has 162 valence electrons. The molecule has 31 heavy (non-hydrogen) atoms. The van der Waals surface area contributed by atoms with Crippen molar-refractivity contribution >= 4 is 29.6 Å². The number of aromatic hydroxyl groups is 1. The van der Waals surface area contributed by atoms with Crippen LogP contribution in [0.5, 0.6) is 5.75 Å². The number of hydrogen-bond acceptors (Lipinski definition) is 5. The number of barbiturate groups is 1. The molecular weight excluding hydrogens is 401 g/mol. The normalized spacial score (nSPS) is 15.4. The second-order valence-electron chi connectivity index (χ2n) is 7.07. The second kappa shape index (κ2) is 9.42. The van der Waals surface area contributed by atoms with Crippen LogP contribution in [0, 0.1) is 5.82 Å². The zero-order valence-corrected chi connectivity index (χ0v) is 17.4. The molecule has 2 aromatic carbocycles. The van der Waals surface area contributed by atoms with Crippen molar-refractivity contribution < 1.29 is 23.9 Å². The Balaban J connectivity index is 1.82. The lowest BCUT2D eigenvalue weighted by Crippen LogP contribution is -2.54. The highest BCUT2D eigenvalue weighted by atomic mass is 19.1. The maximum atomic E-state index is 13.1. The van der Waals surface area contributed by atoms with Gasteiger partial charge in [-0.2, -0.15) is 0 Å². The molecule has 1 aliphatic heterocycles. The number of phenolic OH excluding ortho intramolecular Hbond substituents is 1. The van der Waals surface area contributed by atoms with E-state index in [1.54, 1.807) is 30.3 Å². The average Bonchev–Trinajstić information content (AvgIpc) is 2.74. The number of anilines is 1. The number of amides is 4. The van der Waals surface area contributed by atoms with E-state index >= 15 is 0 Å². The largest absolute Gasteiger partial charge is 0.507 e. The third kappa shape index (κ3) is 4.91. The van der Waals surface area contributed by atoms with Gasteiger partial charge in [-0.3, -0.25) is 19.8 Å². The number of carbonyl (C=O) groups excluding carboxylic acids is 3. The topological polar surface area (TPSA) is 90.0 Å². The van der Waals surface area contributed by atoms with Gasteiger partial charge in [0, 0.05) is 37.0 Å². The number of imide groups is 2. The summed E-state index contributed by atoms with van der Waals surface area (Å²) in [5.41, 5.74) is 1.61. The lowest BCUT2D eigenvalue weighted by atomic mass is 10.0. The van der Waals surface area contributed by atoms with Gasteiger partial charge in [0.05, 0.1) is 0 Å². The lowest BCUT2D eigenvalue weighted by Gasteiger charge is -2.26. The smallest absolute Gasteiger partial charge is 0.331 e. The van der Waals surface area contributed by atoms with Crippen LogP contribution in [-0.4, -0.2) is 47.5 Å². The summed E-state index contributed by atoms with van der Waals surface area (Å²) in [4.78, 5) is 40.3. The summed E-state index contributed by atoms with van der Waals surface area (Å²) in [5, 5.41) is 12.6. The molecule has 1 aliphatic rings. The van der Waals surface area contributed by atoms with Gasteiger partial charge in [0.1, 0.15) is 17.1 Å². The Bertz CT molecular complexity index is 1030. The van der Waals surface area contributed by atoms with E-state index in [1.807, 2.05) is 18.7 Å². The third-order valence-corrected chi connectivity index (χ3v) is 5.17. The zero-order chi connectivity index (χ0) is 22.5. The Morgan fingerprint density at radius 3 is 2.35 bits per heavy atom. The molecule has 2 aromatic rings. The van der Waals surface area contributed by atoms with Gasteiger partial charge in [-0.25, -0.2) is 9.18 Å². The fourth-order valence-corrected chi connectivity index (χ4v) is 3.38. The highest BCUT2D eigenvalue weighted by Crippen LogP contribution is 2.27. The van der Waals surface area contributed by atoms with Crippen LogP contribution in [0.25, 0.3) is 6.08 Å². The Kier molecular flexibility index (Phi) is 6.69. The molecule has 3 rings (SSSR count). The van der Waals surface area contributed by atoms with Crippen molar-refractivity contribution in [3.05, 3.63) is 65.0 Å². The summed E-state index contributed by atoms with van der Waals surface area (Å²) in [6.07, 6.45) is 1.58. The van der Waals surface area contributed by atoms with Gasteiger partial charge in [-0.05, 0) is 56.2 Å². The number of carbonyl (C=O) groups is 3. The average molecular weight is 425 g/mol. The minimum Gasteiger partial charge on any atom is -0.507 e. The number of benzene rings is 2. The highest BCUT2D eigenvalue weighted by molar-refractivity contribution is 6.31. The monoisotopic (exact) mass is 425 g/mol. The molecular formula is C23H24FN3O4. The molecule has 0 spiro atoms. The molecule has 7 nitrogen and oxygen atoms in total. The number of nitrogens with one attached hydrogen (secondary N) is 1. The van der Waals surface area contributed by atoms with E-state index in [0.29, 0.717) is 12.0 Å². The first-order valence-electron chi connectivity index (χ1n) is 10.0. The van der Waals surface area contributed by atoms with E-state index in [0.717, 1.165) is 29.2 Å². The fraction of sp³-hybridized carbons (Fsp3) is 0.261. The van der Waals surface area contributed by atoms with E-state index in [2.05, 4.69) is 5.32 Å². The first-order chi connectivity index (χ1) is 14.8. The quantitative estimate of drug-likeness (QED) is 0.526. The van der Waals surface area contributed by atoms with E-state index in [1.165, 1.54) is 18.2 Å². The van der Waals surface area contributed by atoms with Crippen molar-refractivity contribution in [3.63, 3.8) is 0 Å². The lowest BCUT2D eigenvalue weighted by molar-refractivity contribution is -0.130. The molecule has 1 heterocycles. The van der Waals surface area contributed by atoms with Crippen LogP contribution >= 0.6 is 0 Å². The first kappa shape index (κ1) is 22.0. The summed E-state index contributed by atoms with van der Waals surface area (Å²) < 4.78 is 13.1. The summed E-state index contributed by atoms with van der Waals surface area (Å²) in [5.74, 6) is -2.02. The highest BCUT2D eigenvalue weighted by Gasteiger charge is 2.35. The molecule has 0 atom stereocenters. The molecule has 0 radical (unpaired) electrons. The molecule has 0 aromatic heterocycles. The minimum atomic E-state index is -0.819. The molecule has 0 saturated carbocycles. The third-order valence-electron chi connectivity index (χ3n) is 5.17. The van der Waals surface area contributed by atoms with Crippen molar-refractivity contribution in [1.29, 1.82) is 0 Å². The second-order valence-corrected chi connectivity index (χ2v) is 7.07. The van der Waals surface area contributed by atoms with E-state index < -0.39 is 17.8 Å². The molecule has 0 bridgehead atoms. The summed E-state index contributed by atoms with van der Waals surface area (Å²) in [7, 11) is 0. The molecule has 4 amide bonds. The van der Waals surface area contributed by atoms with Crippen LogP contribution in [0.4, 0.5) is 14.9 Å². The molecule has 1 fully saturated rings. The molecule has 2 N–H and O–H groups in total. The van der Waals surface area contributed by atoms with Gasteiger partial charge in [-0.15, -0.1) is 0 Å². The Labute approximate surface area is 179 Å². The maximum Gasteiger partial charge on any atom is 0.331 e. The van der Waals surface area contributed by atoms with Crippen LogP contribution in [0.15, 0.2) is 48.0 Å². The first-order valence-corrected chi connectivity index (χ1v) is 10.0. The van der Waals surface area contributed by atoms with E-state index in [-0.39, 0.29) is 23.7 Å². The van der Waals surface area contributed by atoms with Crippen LogP contribution in [0.2, 0.25) is 0 Å². The van der Waals surface area contributed by atoms with Crippen LogP contribution in [-0.2, 0) is 16.0 Å². The number of rotatable bonds is 7. The molecule has 8 heteroatoms. The van der Waals surface area contributed by atoms with Crippen LogP contribution < -0.4 is 10.2 Å². The molecule has 0 unspecified atom stereocenters. The molecule has 1 saturated heterocycles. The van der Waals surface area contributed by atoms with Gasteiger partial charge < -0.3 is 10.0 Å². The fourth-order valence-electron chi connectivity index (χ4n) is 3.38. The zero-order valence-electron chi connectivity index (χ0n) is 17.4. The predicted molar refractivity (Wildman–Crippen MR) is 115 cm³/mol. The van der Waals surface area contributed by atoms with Crippen molar-refractivity contribution in [1.82, 2.24) is 10.2 Å². The van der Waals surface area contributed by atoms with Crippen molar-refractivity contribution in [2.24, 2.45) is 0 Å². The van der Waals surface area contributed by atoms with Crippen molar-refractivity contribution in [2.45, 2.75) is 20.3 Å². The van der Waals surface area contributed by atoms with E-state index in [4.69, 9.17) is 0 Å². The van der Waals surface area contributed by atoms with Crippen molar-refractivity contribution in [3.8, 4) is 5.75 Å². The standard InChI is InChI=1S/C23H24FN3O4/c1-3-26(4-2)18-10-7-16(20(28)14-18)13-19-21(29)25-23(31)27(22(19)30)12-11-15-5-8-17(24)9-6-15/h5-10,13-14,28H,3-4,11-12H2,1-2H3,(H,25,29,31)/b19-13-. The number of phenols is 1. The Morgan fingerprint density at radius 2 is 1.74 bits per heavy atom. The number of nitrogens with zero attached hydrogens (tertiary/aromatic N) is 2. The van der Waals surface area contributed by atoms with Gasteiger partial charge in [0.15, 0.2) is 0 Å². The summed E-state index contributed by atoms with van der Waals surface area (Å²) in [6.45, 7) is 5.55. The number of hydrogen-bond donors (Lipinski definition) is 2. The SMILES string of the molecule is CCN(CC)c1ccc(/C=C2/C(=O)NC(=O)N(CCc3ccc(F)cc3)C2=O)c(O)c1. The summed E-state index contributed by atoms with van der Waals surface area (Å²) >= 11 is 0. The number of urea groups is 1. The summed E-state index contributed by atoms with van der Waals surface area (Å²) in [6, 6.07) is 9.91. The van der Waals surface area contributed by atoms with Gasteiger partial charge in [-0.1, -0.05) is 12.1 Å².